The predicted molar refractivity (Wildman–Crippen MR) is 104 cm³/mol. The number of benzene rings is 1. The minimum Gasteiger partial charge on any atom is -0.299 e. The number of sulfone groups is 1. The van der Waals surface area contributed by atoms with Gasteiger partial charge in [-0.1, -0.05) is 31.2 Å². The molecule has 25 heavy (non-hydrogen) atoms. The fourth-order valence-electron chi connectivity index (χ4n) is 3.45. The van der Waals surface area contributed by atoms with Gasteiger partial charge in [-0.2, -0.15) is 0 Å². The second kappa shape index (κ2) is 8.03. The maximum Gasteiger partial charge on any atom is 0.155 e. The molecule has 4 heteroatoms. The van der Waals surface area contributed by atoms with Crippen molar-refractivity contribution in [1.82, 2.24) is 0 Å². The lowest BCUT2D eigenvalue weighted by atomic mass is 9.79. The third kappa shape index (κ3) is 5.40. The number of aryl methyl sites for hydroxylation is 1. The van der Waals surface area contributed by atoms with Gasteiger partial charge in [0.1, 0.15) is 5.78 Å². The lowest BCUT2D eigenvalue weighted by Crippen LogP contribution is -2.35. The summed E-state index contributed by atoms with van der Waals surface area (Å²) in [5.74, 6) is 0.869. The molecule has 1 saturated carbocycles. The van der Waals surface area contributed by atoms with Crippen LogP contribution in [0, 0.1) is 11.8 Å². The Morgan fingerprint density at radius 3 is 2.00 bits per heavy atom. The molecule has 0 atom stereocenters. The van der Waals surface area contributed by atoms with E-state index in [-0.39, 0.29) is 17.6 Å². The fraction of sp³-hybridized carbons (Fsp3) is 0.667. The van der Waals surface area contributed by atoms with Gasteiger partial charge in [0.2, 0.25) is 0 Å². The number of hydrogen-bond donors (Lipinski definition) is 0. The Labute approximate surface area is 153 Å². The first-order valence-corrected chi connectivity index (χ1v) is 11.1. The van der Waals surface area contributed by atoms with Crippen LogP contribution in [0.3, 0.4) is 0 Å². The third-order valence-electron chi connectivity index (χ3n) is 5.50. The Kier molecular flexibility index (Phi) is 6.47. The third-order valence-corrected chi connectivity index (χ3v) is 8.28. The topological polar surface area (TPSA) is 51.2 Å². The second-order valence-electron chi connectivity index (χ2n) is 8.42. The molecule has 1 aliphatic rings. The van der Waals surface area contributed by atoms with Crippen LogP contribution >= 0.6 is 0 Å². The molecule has 1 aromatic rings. The van der Waals surface area contributed by atoms with Crippen molar-refractivity contribution in [2.24, 2.45) is 11.8 Å². The quantitative estimate of drug-likeness (QED) is 0.752. The lowest BCUT2D eigenvalue weighted by Gasteiger charge is -2.30. The summed E-state index contributed by atoms with van der Waals surface area (Å²) < 4.78 is 24.0. The van der Waals surface area contributed by atoms with Crippen LogP contribution in [-0.4, -0.2) is 24.7 Å². The average Bonchev–Trinajstić information content (AvgIpc) is 2.55. The molecule has 0 amide bonds. The molecule has 0 saturated heterocycles. The molecular formula is C21H32O3S. The molecular weight excluding hydrogens is 332 g/mol. The summed E-state index contributed by atoms with van der Waals surface area (Å²) in [7, 11) is -3.08. The summed E-state index contributed by atoms with van der Waals surface area (Å²) in [4.78, 5) is 12.6. The number of carbonyl (C=O) groups excluding carboxylic acids is 1. The molecule has 140 valence electrons. The number of Topliss-reactive ketones (excluding diaryl/α,β-unsaturated/α-hetero) is 1. The van der Waals surface area contributed by atoms with Gasteiger partial charge in [0.05, 0.1) is 10.5 Å². The van der Waals surface area contributed by atoms with E-state index in [0.717, 1.165) is 37.7 Å². The second-order valence-corrected chi connectivity index (χ2v) is 11.2. The van der Waals surface area contributed by atoms with Crippen molar-refractivity contribution < 1.29 is 13.2 Å². The summed E-state index contributed by atoms with van der Waals surface area (Å²) in [6.07, 6.45) is 4.86. The number of carbonyl (C=O) groups is 1. The van der Waals surface area contributed by atoms with Gasteiger partial charge in [0.15, 0.2) is 9.84 Å². The number of rotatable bonds is 6. The minimum atomic E-state index is -3.08. The van der Waals surface area contributed by atoms with Crippen molar-refractivity contribution in [2.45, 2.75) is 71.0 Å². The predicted octanol–water partition coefficient (Wildman–Crippen LogP) is 4.38. The Morgan fingerprint density at radius 2 is 1.52 bits per heavy atom. The summed E-state index contributed by atoms with van der Waals surface area (Å²) in [5.41, 5.74) is 2.37. The average molecular weight is 365 g/mol. The Balaban J connectivity index is 1.85. The van der Waals surface area contributed by atoms with E-state index in [1.807, 2.05) is 0 Å². The van der Waals surface area contributed by atoms with Crippen LogP contribution in [0.5, 0.6) is 0 Å². The molecule has 3 nitrogen and oxygen atoms in total. The van der Waals surface area contributed by atoms with Crippen LogP contribution in [0.15, 0.2) is 24.3 Å². The monoisotopic (exact) mass is 364 g/mol. The van der Waals surface area contributed by atoms with E-state index in [1.54, 1.807) is 20.8 Å². The molecule has 0 N–H and O–H groups in total. The van der Waals surface area contributed by atoms with Crippen molar-refractivity contribution in [2.75, 3.05) is 5.75 Å². The van der Waals surface area contributed by atoms with Crippen LogP contribution in [0.2, 0.25) is 0 Å². The van der Waals surface area contributed by atoms with Crippen LogP contribution in [0.4, 0.5) is 0 Å². The molecule has 0 aliphatic heterocycles. The highest BCUT2D eigenvalue weighted by atomic mass is 32.2. The Morgan fingerprint density at radius 1 is 1.00 bits per heavy atom. The Bertz CT molecular complexity index is 673. The molecule has 1 fully saturated rings. The fourth-order valence-corrected chi connectivity index (χ4v) is 4.90. The molecule has 2 rings (SSSR count). The van der Waals surface area contributed by atoms with Gasteiger partial charge < -0.3 is 0 Å². The molecule has 0 bridgehead atoms. The number of ketones is 1. The molecule has 0 spiro atoms. The summed E-state index contributed by atoms with van der Waals surface area (Å²) in [6.45, 7) is 7.42. The standard InChI is InChI=1S/C21H32O3S/c1-5-16-6-8-17(9-7-16)14-20(22)19-12-10-18(11-13-19)15-25(23,24)21(2,3)4/h6-9,18-19H,5,10-15H2,1-4H3. The highest BCUT2D eigenvalue weighted by Gasteiger charge is 2.34. The van der Waals surface area contributed by atoms with Crippen molar-refractivity contribution >= 4 is 15.6 Å². The zero-order valence-electron chi connectivity index (χ0n) is 16.0. The van der Waals surface area contributed by atoms with E-state index >= 15 is 0 Å². The van der Waals surface area contributed by atoms with Gasteiger partial charge in [0.25, 0.3) is 0 Å². The lowest BCUT2D eigenvalue weighted by molar-refractivity contribution is -0.123. The van der Waals surface area contributed by atoms with E-state index in [9.17, 15) is 13.2 Å². The maximum absolute atomic E-state index is 12.6. The first kappa shape index (κ1) is 20.2. The van der Waals surface area contributed by atoms with E-state index in [1.165, 1.54) is 5.56 Å². The maximum atomic E-state index is 12.6. The van der Waals surface area contributed by atoms with Crippen LogP contribution in [0.1, 0.15) is 64.5 Å². The molecule has 1 aromatic carbocycles. The summed E-state index contributed by atoms with van der Waals surface area (Å²) in [5, 5.41) is 0. The van der Waals surface area contributed by atoms with Crippen LogP contribution in [0.25, 0.3) is 0 Å². The molecule has 0 aromatic heterocycles. The first-order valence-electron chi connectivity index (χ1n) is 9.45. The van der Waals surface area contributed by atoms with Gasteiger partial charge in [0, 0.05) is 12.3 Å². The van der Waals surface area contributed by atoms with E-state index in [0.29, 0.717) is 12.2 Å². The van der Waals surface area contributed by atoms with Gasteiger partial charge in [-0.3, -0.25) is 4.79 Å². The van der Waals surface area contributed by atoms with Gasteiger partial charge in [-0.05, 0) is 69.9 Å². The van der Waals surface area contributed by atoms with Crippen molar-refractivity contribution in [1.29, 1.82) is 0 Å². The minimum absolute atomic E-state index is 0.0967. The Hall–Kier alpha value is -1.16. The summed E-state index contributed by atoms with van der Waals surface area (Å²) >= 11 is 0. The molecule has 0 heterocycles. The van der Waals surface area contributed by atoms with Gasteiger partial charge >= 0.3 is 0 Å². The SMILES string of the molecule is CCc1ccc(CC(=O)C2CCC(CS(=O)(=O)C(C)(C)C)CC2)cc1. The smallest absolute Gasteiger partial charge is 0.155 e. The van der Waals surface area contributed by atoms with Crippen LogP contribution in [-0.2, 0) is 27.5 Å². The van der Waals surface area contributed by atoms with E-state index in [4.69, 9.17) is 0 Å². The molecule has 1 aliphatic carbocycles. The van der Waals surface area contributed by atoms with Crippen LogP contribution < -0.4 is 0 Å². The van der Waals surface area contributed by atoms with Gasteiger partial charge in [-0.15, -0.1) is 0 Å². The highest BCUT2D eigenvalue weighted by molar-refractivity contribution is 7.92. The first-order chi connectivity index (χ1) is 11.6. The molecule has 0 radical (unpaired) electrons. The largest absolute Gasteiger partial charge is 0.299 e. The zero-order chi connectivity index (χ0) is 18.7. The normalized spacial score (nSPS) is 21.9. The van der Waals surface area contributed by atoms with E-state index < -0.39 is 14.6 Å². The van der Waals surface area contributed by atoms with E-state index in [2.05, 4.69) is 31.2 Å². The highest BCUT2D eigenvalue weighted by Crippen LogP contribution is 2.32. The zero-order valence-corrected chi connectivity index (χ0v) is 16.9. The number of hydrogen-bond acceptors (Lipinski definition) is 3. The van der Waals surface area contributed by atoms with Gasteiger partial charge in [-0.25, -0.2) is 8.42 Å². The summed E-state index contributed by atoms with van der Waals surface area (Å²) in [6, 6.07) is 8.30. The van der Waals surface area contributed by atoms with Crippen molar-refractivity contribution in [3.8, 4) is 0 Å². The molecule has 0 unspecified atom stereocenters. The van der Waals surface area contributed by atoms with Crippen molar-refractivity contribution in [3.05, 3.63) is 35.4 Å². The van der Waals surface area contributed by atoms with Crippen molar-refractivity contribution in [3.63, 3.8) is 0 Å².